The highest BCUT2D eigenvalue weighted by atomic mass is 32.2. The molecule has 0 saturated carbocycles. The summed E-state index contributed by atoms with van der Waals surface area (Å²) in [6.07, 6.45) is 0. The number of benzene rings is 1. The Balaban J connectivity index is 2.09. The Morgan fingerprint density at radius 1 is 1.42 bits per heavy atom. The normalized spacial score (nSPS) is 17.3. The number of nitrogens with two attached hydrogens (primary N) is 1. The van der Waals surface area contributed by atoms with Gasteiger partial charge in [0, 0.05) is 48.0 Å². The van der Waals surface area contributed by atoms with E-state index in [9.17, 15) is 14.3 Å². The third-order valence-corrected chi connectivity index (χ3v) is 4.37. The standard InChI is InChI=1S/C11H16N4O3S/c12-13-10-7-9(1-2-11(10)15(16)17)8-14-3-5-19(18)6-4-14/h1-2,7,13H,3-6,8,12H2. The minimum atomic E-state index is -0.698. The summed E-state index contributed by atoms with van der Waals surface area (Å²) >= 11 is 0. The van der Waals surface area contributed by atoms with Crippen molar-refractivity contribution < 1.29 is 9.13 Å². The maximum atomic E-state index is 11.3. The molecule has 0 atom stereocenters. The third kappa shape index (κ3) is 3.49. The van der Waals surface area contributed by atoms with Crippen LogP contribution in [-0.4, -0.2) is 38.6 Å². The average Bonchev–Trinajstić information content (AvgIpc) is 2.41. The van der Waals surface area contributed by atoms with Gasteiger partial charge in [0.25, 0.3) is 5.69 Å². The van der Waals surface area contributed by atoms with Crippen LogP contribution in [0.5, 0.6) is 0 Å². The van der Waals surface area contributed by atoms with Gasteiger partial charge in [-0.05, 0) is 11.6 Å². The van der Waals surface area contributed by atoms with Crippen molar-refractivity contribution in [2.75, 3.05) is 30.0 Å². The van der Waals surface area contributed by atoms with Crippen LogP contribution in [0.25, 0.3) is 0 Å². The van der Waals surface area contributed by atoms with Crippen LogP contribution in [-0.2, 0) is 17.3 Å². The predicted molar refractivity (Wildman–Crippen MR) is 74.1 cm³/mol. The van der Waals surface area contributed by atoms with Gasteiger partial charge in [0.1, 0.15) is 5.69 Å². The second kappa shape index (κ2) is 6.09. The van der Waals surface area contributed by atoms with E-state index >= 15 is 0 Å². The number of nitro benzene ring substituents is 1. The Morgan fingerprint density at radius 3 is 2.68 bits per heavy atom. The van der Waals surface area contributed by atoms with Crippen LogP contribution in [0.15, 0.2) is 18.2 Å². The highest BCUT2D eigenvalue weighted by molar-refractivity contribution is 7.85. The number of hydrogen-bond acceptors (Lipinski definition) is 6. The molecule has 0 radical (unpaired) electrons. The number of nitro groups is 1. The van der Waals surface area contributed by atoms with Crippen molar-refractivity contribution in [3.8, 4) is 0 Å². The van der Waals surface area contributed by atoms with Crippen LogP contribution < -0.4 is 11.3 Å². The number of rotatable bonds is 4. The third-order valence-electron chi connectivity index (χ3n) is 3.09. The van der Waals surface area contributed by atoms with E-state index in [0.717, 1.165) is 18.7 Å². The van der Waals surface area contributed by atoms with E-state index in [-0.39, 0.29) is 5.69 Å². The fourth-order valence-electron chi connectivity index (χ4n) is 2.05. The quantitative estimate of drug-likeness (QED) is 0.473. The van der Waals surface area contributed by atoms with Crippen molar-refractivity contribution in [1.82, 2.24) is 4.90 Å². The average molecular weight is 284 g/mol. The summed E-state index contributed by atoms with van der Waals surface area (Å²) in [6.45, 7) is 2.26. The number of hydrazine groups is 1. The zero-order valence-electron chi connectivity index (χ0n) is 10.4. The minimum Gasteiger partial charge on any atom is -0.318 e. The monoisotopic (exact) mass is 284 g/mol. The smallest absolute Gasteiger partial charge is 0.293 e. The van der Waals surface area contributed by atoms with Crippen LogP contribution in [0.2, 0.25) is 0 Å². The van der Waals surface area contributed by atoms with E-state index in [1.54, 1.807) is 12.1 Å². The first-order valence-corrected chi connectivity index (χ1v) is 7.40. The first-order valence-electron chi connectivity index (χ1n) is 5.91. The van der Waals surface area contributed by atoms with Crippen molar-refractivity contribution in [2.45, 2.75) is 6.54 Å². The van der Waals surface area contributed by atoms with Crippen LogP contribution >= 0.6 is 0 Å². The highest BCUT2D eigenvalue weighted by Crippen LogP contribution is 2.25. The molecule has 0 aliphatic carbocycles. The second-order valence-electron chi connectivity index (χ2n) is 4.38. The van der Waals surface area contributed by atoms with Crippen LogP contribution in [0, 0.1) is 10.1 Å². The van der Waals surface area contributed by atoms with Gasteiger partial charge in [0.2, 0.25) is 0 Å². The molecule has 8 heteroatoms. The lowest BCUT2D eigenvalue weighted by Crippen LogP contribution is -2.37. The summed E-state index contributed by atoms with van der Waals surface area (Å²) in [6, 6.07) is 4.86. The van der Waals surface area contributed by atoms with E-state index in [1.165, 1.54) is 6.07 Å². The van der Waals surface area contributed by atoms with Gasteiger partial charge in [0.15, 0.2) is 0 Å². The summed E-state index contributed by atoms with van der Waals surface area (Å²) in [5.74, 6) is 6.68. The van der Waals surface area contributed by atoms with Gasteiger partial charge >= 0.3 is 0 Å². The van der Waals surface area contributed by atoms with Crippen LogP contribution in [0.3, 0.4) is 0 Å². The summed E-state index contributed by atoms with van der Waals surface area (Å²) < 4.78 is 11.3. The lowest BCUT2D eigenvalue weighted by atomic mass is 10.1. The van der Waals surface area contributed by atoms with Crippen LogP contribution in [0.4, 0.5) is 11.4 Å². The molecule has 1 heterocycles. The Morgan fingerprint density at radius 2 is 2.11 bits per heavy atom. The molecule has 7 nitrogen and oxygen atoms in total. The zero-order valence-corrected chi connectivity index (χ0v) is 11.2. The Labute approximate surface area is 113 Å². The molecule has 1 fully saturated rings. The minimum absolute atomic E-state index is 0.0361. The first-order chi connectivity index (χ1) is 9.10. The fraction of sp³-hybridized carbons (Fsp3) is 0.455. The maximum absolute atomic E-state index is 11.3. The van der Waals surface area contributed by atoms with Crippen LogP contribution in [0.1, 0.15) is 5.56 Å². The molecular formula is C11H16N4O3S. The summed E-state index contributed by atoms with van der Waals surface area (Å²) in [5.41, 5.74) is 3.58. The lowest BCUT2D eigenvalue weighted by Gasteiger charge is -2.26. The Hall–Kier alpha value is -1.51. The molecule has 0 spiro atoms. The van der Waals surface area contributed by atoms with E-state index in [0.29, 0.717) is 23.7 Å². The number of nitrogens with one attached hydrogen (secondary N) is 1. The molecule has 0 bridgehead atoms. The highest BCUT2D eigenvalue weighted by Gasteiger charge is 2.17. The lowest BCUT2D eigenvalue weighted by molar-refractivity contribution is -0.384. The SMILES string of the molecule is NNc1cc(CN2CCS(=O)CC2)ccc1[N+](=O)[O-]. The molecular weight excluding hydrogens is 268 g/mol. The maximum Gasteiger partial charge on any atom is 0.293 e. The van der Waals surface area contributed by atoms with Gasteiger partial charge in [-0.15, -0.1) is 0 Å². The molecule has 19 heavy (non-hydrogen) atoms. The number of nitrogens with zero attached hydrogens (tertiary/aromatic N) is 2. The number of nitrogen functional groups attached to an aromatic ring is 1. The molecule has 1 saturated heterocycles. The molecule has 104 valence electrons. The van der Waals surface area contributed by atoms with Crippen molar-refractivity contribution in [1.29, 1.82) is 0 Å². The van der Waals surface area contributed by atoms with Crippen molar-refractivity contribution >= 4 is 22.2 Å². The predicted octanol–water partition coefficient (Wildman–Crippen LogP) is 0.445. The molecule has 1 aromatic carbocycles. The molecule has 1 aromatic rings. The van der Waals surface area contributed by atoms with Gasteiger partial charge in [0.05, 0.1) is 4.92 Å². The van der Waals surface area contributed by atoms with Crippen molar-refractivity contribution in [3.05, 3.63) is 33.9 Å². The fourth-order valence-corrected chi connectivity index (χ4v) is 3.18. The molecule has 3 N–H and O–H groups in total. The Kier molecular flexibility index (Phi) is 4.46. The zero-order chi connectivity index (χ0) is 13.8. The Bertz CT molecular complexity index is 499. The van der Waals surface area contributed by atoms with Crippen molar-refractivity contribution in [2.24, 2.45) is 5.84 Å². The first kappa shape index (κ1) is 13.9. The number of hydrogen-bond donors (Lipinski definition) is 2. The largest absolute Gasteiger partial charge is 0.318 e. The summed E-state index contributed by atoms with van der Waals surface area (Å²) in [7, 11) is -0.698. The number of anilines is 1. The van der Waals surface area contributed by atoms with E-state index in [2.05, 4.69) is 10.3 Å². The van der Waals surface area contributed by atoms with Gasteiger partial charge in [-0.25, -0.2) is 0 Å². The van der Waals surface area contributed by atoms with Gasteiger partial charge in [-0.3, -0.25) is 25.1 Å². The van der Waals surface area contributed by atoms with Crippen molar-refractivity contribution in [3.63, 3.8) is 0 Å². The molecule has 0 amide bonds. The van der Waals surface area contributed by atoms with E-state index < -0.39 is 15.7 Å². The summed E-state index contributed by atoms with van der Waals surface area (Å²) in [4.78, 5) is 12.5. The second-order valence-corrected chi connectivity index (χ2v) is 6.07. The van der Waals surface area contributed by atoms with Gasteiger partial charge in [-0.2, -0.15) is 0 Å². The van der Waals surface area contributed by atoms with E-state index in [4.69, 9.17) is 5.84 Å². The molecule has 1 aliphatic rings. The molecule has 0 aromatic heterocycles. The molecule has 1 aliphatic heterocycles. The topological polar surface area (TPSA) is 102 Å². The summed E-state index contributed by atoms with van der Waals surface area (Å²) in [5, 5.41) is 10.8. The molecule has 0 unspecified atom stereocenters. The van der Waals surface area contributed by atoms with E-state index in [1.807, 2.05) is 0 Å². The van der Waals surface area contributed by atoms with Gasteiger partial charge < -0.3 is 5.43 Å². The molecule has 2 rings (SSSR count). The van der Waals surface area contributed by atoms with Gasteiger partial charge in [-0.1, -0.05) is 6.07 Å².